The Morgan fingerprint density at radius 2 is 1.66 bits per heavy atom. The van der Waals surface area contributed by atoms with Crippen LogP contribution in [0.5, 0.6) is 0 Å². The number of carbonyl (C=O) groups excluding carboxylic acids is 2. The number of amides is 2. The van der Waals surface area contributed by atoms with Crippen LogP contribution in [0.3, 0.4) is 0 Å². The Morgan fingerprint density at radius 3 is 2.41 bits per heavy atom. The van der Waals surface area contributed by atoms with Crippen LogP contribution in [-0.2, 0) is 20.9 Å². The van der Waals surface area contributed by atoms with Gasteiger partial charge in [0.05, 0.1) is 18.9 Å². The number of nitrogens with zero attached hydrogens (tertiary/aromatic N) is 1. The van der Waals surface area contributed by atoms with Gasteiger partial charge in [-0.2, -0.15) is 0 Å². The zero-order valence-corrected chi connectivity index (χ0v) is 17.9. The van der Waals surface area contributed by atoms with Gasteiger partial charge in [0.25, 0.3) is 5.91 Å². The molecule has 0 spiro atoms. The Bertz CT molecular complexity index is 1100. The van der Waals surface area contributed by atoms with Crippen molar-refractivity contribution in [3.63, 3.8) is 0 Å². The Labute approximate surface area is 187 Å². The summed E-state index contributed by atoms with van der Waals surface area (Å²) < 4.78 is 5.84. The molecule has 1 aliphatic heterocycles. The average molecular weight is 431 g/mol. The van der Waals surface area contributed by atoms with Gasteiger partial charge in [0.15, 0.2) is 0 Å². The standard InChI is InChI=1S/C26H26N2O4/c1-18(29)25(30)27-24-22-13-6-5-11-20(22)21-12-7-8-14-23(21)28(26(24)31)15-16-32-17-19-9-3-2-4-10-19/h2-14,18,24,29H,15-17H2,1H3,(H,27,30)/t18-,24-/m0/s1. The topological polar surface area (TPSA) is 78.9 Å². The maximum absolute atomic E-state index is 13.7. The van der Waals surface area contributed by atoms with E-state index in [1.54, 1.807) is 4.90 Å². The molecule has 4 rings (SSSR count). The van der Waals surface area contributed by atoms with Gasteiger partial charge >= 0.3 is 0 Å². The number of para-hydroxylation sites is 1. The minimum atomic E-state index is -1.22. The van der Waals surface area contributed by atoms with Crippen LogP contribution < -0.4 is 10.2 Å². The number of hydrogen-bond donors (Lipinski definition) is 2. The molecule has 164 valence electrons. The van der Waals surface area contributed by atoms with Crippen molar-refractivity contribution >= 4 is 17.5 Å². The second-order valence-electron chi connectivity index (χ2n) is 7.75. The third-order valence-electron chi connectivity index (χ3n) is 5.51. The van der Waals surface area contributed by atoms with Gasteiger partial charge in [0.2, 0.25) is 5.91 Å². The molecule has 0 bridgehead atoms. The molecule has 0 fully saturated rings. The summed E-state index contributed by atoms with van der Waals surface area (Å²) in [6.45, 7) is 2.50. The van der Waals surface area contributed by atoms with Crippen LogP contribution in [0.15, 0.2) is 78.9 Å². The third kappa shape index (κ3) is 4.56. The Hall–Kier alpha value is -3.48. The van der Waals surface area contributed by atoms with Crippen molar-refractivity contribution in [2.45, 2.75) is 25.7 Å². The first-order valence-corrected chi connectivity index (χ1v) is 10.7. The highest BCUT2D eigenvalue weighted by molar-refractivity contribution is 6.06. The molecular weight excluding hydrogens is 404 g/mol. The third-order valence-corrected chi connectivity index (χ3v) is 5.51. The molecule has 2 amide bonds. The summed E-state index contributed by atoms with van der Waals surface area (Å²) in [7, 11) is 0. The van der Waals surface area contributed by atoms with Gasteiger partial charge in [-0.05, 0) is 29.7 Å². The molecule has 0 aliphatic carbocycles. The Balaban J connectivity index is 1.63. The van der Waals surface area contributed by atoms with Crippen molar-refractivity contribution in [3.8, 4) is 11.1 Å². The minimum absolute atomic E-state index is 0.264. The molecule has 0 unspecified atom stereocenters. The van der Waals surface area contributed by atoms with E-state index in [0.717, 1.165) is 22.4 Å². The van der Waals surface area contributed by atoms with Crippen LogP contribution >= 0.6 is 0 Å². The molecule has 32 heavy (non-hydrogen) atoms. The SMILES string of the molecule is C[C@H](O)C(=O)N[C@@H]1C(=O)N(CCOCc2ccccc2)c2ccccc2-c2ccccc21. The number of carbonyl (C=O) groups is 2. The van der Waals surface area contributed by atoms with Gasteiger partial charge in [-0.15, -0.1) is 0 Å². The number of rotatable bonds is 7. The first kappa shape index (κ1) is 21.7. The lowest BCUT2D eigenvalue weighted by Crippen LogP contribution is -2.45. The molecule has 6 heteroatoms. The van der Waals surface area contributed by atoms with E-state index >= 15 is 0 Å². The van der Waals surface area contributed by atoms with Gasteiger partial charge in [-0.25, -0.2) is 0 Å². The molecule has 0 saturated heterocycles. The van der Waals surface area contributed by atoms with Crippen molar-refractivity contribution in [2.24, 2.45) is 0 Å². The predicted octanol–water partition coefficient (Wildman–Crippen LogP) is 3.46. The smallest absolute Gasteiger partial charge is 0.254 e. The van der Waals surface area contributed by atoms with Crippen LogP contribution in [0.2, 0.25) is 0 Å². The molecule has 1 aliphatic rings. The molecular formula is C26H26N2O4. The maximum atomic E-state index is 13.7. The van der Waals surface area contributed by atoms with Crippen LogP contribution in [-0.4, -0.2) is 36.2 Å². The zero-order chi connectivity index (χ0) is 22.5. The molecule has 0 radical (unpaired) electrons. The lowest BCUT2D eigenvalue weighted by molar-refractivity contribution is -0.132. The molecule has 0 saturated carbocycles. The van der Waals surface area contributed by atoms with Crippen LogP contribution in [0, 0.1) is 0 Å². The van der Waals surface area contributed by atoms with Crippen LogP contribution in [0.1, 0.15) is 24.1 Å². The molecule has 3 aromatic carbocycles. The van der Waals surface area contributed by atoms with Gasteiger partial charge < -0.3 is 20.1 Å². The highest BCUT2D eigenvalue weighted by Gasteiger charge is 2.35. The minimum Gasteiger partial charge on any atom is -0.384 e. The lowest BCUT2D eigenvalue weighted by Gasteiger charge is -2.27. The highest BCUT2D eigenvalue weighted by Crippen LogP contribution is 2.40. The first-order valence-electron chi connectivity index (χ1n) is 10.7. The van der Waals surface area contributed by atoms with Gasteiger partial charge in [0.1, 0.15) is 12.1 Å². The van der Waals surface area contributed by atoms with E-state index in [-0.39, 0.29) is 5.91 Å². The average Bonchev–Trinajstić information content (AvgIpc) is 2.91. The number of ether oxygens (including phenoxy) is 1. The molecule has 1 heterocycles. The van der Waals surface area contributed by atoms with Crippen molar-refractivity contribution in [3.05, 3.63) is 90.0 Å². The van der Waals surface area contributed by atoms with Crippen LogP contribution in [0.25, 0.3) is 11.1 Å². The van der Waals surface area contributed by atoms with E-state index in [4.69, 9.17) is 4.74 Å². The van der Waals surface area contributed by atoms with E-state index in [1.165, 1.54) is 6.92 Å². The van der Waals surface area contributed by atoms with E-state index in [0.29, 0.717) is 25.3 Å². The van der Waals surface area contributed by atoms with Crippen molar-refractivity contribution in [2.75, 3.05) is 18.1 Å². The number of benzene rings is 3. The summed E-state index contributed by atoms with van der Waals surface area (Å²) in [4.78, 5) is 27.6. The Kier molecular flexibility index (Phi) is 6.63. The van der Waals surface area contributed by atoms with E-state index in [2.05, 4.69) is 5.32 Å². The molecule has 2 N–H and O–H groups in total. The quantitative estimate of drug-likeness (QED) is 0.563. The first-order chi connectivity index (χ1) is 15.6. The van der Waals surface area contributed by atoms with Crippen LogP contribution in [0.4, 0.5) is 5.69 Å². The van der Waals surface area contributed by atoms with Gasteiger partial charge in [-0.3, -0.25) is 9.59 Å². The summed E-state index contributed by atoms with van der Waals surface area (Å²) in [6, 6.07) is 24.2. The van der Waals surface area contributed by atoms with Crippen molar-refractivity contribution in [1.82, 2.24) is 5.32 Å². The number of nitrogens with one attached hydrogen (secondary N) is 1. The summed E-state index contributed by atoms with van der Waals surface area (Å²) in [5.74, 6) is -0.857. The predicted molar refractivity (Wildman–Crippen MR) is 123 cm³/mol. The van der Waals surface area contributed by atoms with E-state index in [9.17, 15) is 14.7 Å². The normalized spacial score (nSPS) is 16.0. The number of anilines is 1. The van der Waals surface area contributed by atoms with Gasteiger partial charge in [0, 0.05) is 12.1 Å². The molecule has 2 atom stereocenters. The fourth-order valence-corrected chi connectivity index (χ4v) is 3.89. The highest BCUT2D eigenvalue weighted by atomic mass is 16.5. The maximum Gasteiger partial charge on any atom is 0.254 e. The number of aliphatic hydroxyl groups is 1. The van der Waals surface area contributed by atoms with Crippen molar-refractivity contribution in [1.29, 1.82) is 0 Å². The zero-order valence-electron chi connectivity index (χ0n) is 17.9. The van der Waals surface area contributed by atoms with Gasteiger partial charge in [-0.1, -0.05) is 72.8 Å². The fraction of sp³-hybridized carbons (Fsp3) is 0.231. The summed E-state index contributed by atoms with van der Waals surface area (Å²) in [6.07, 6.45) is -1.22. The summed E-state index contributed by atoms with van der Waals surface area (Å²) >= 11 is 0. The largest absolute Gasteiger partial charge is 0.384 e. The molecule has 6 nitrogen and oxygen atoms in total. The number of hydrogen-bond acceptors (Lipinski definition) is 4. The lowest BCUT2D eigenvalue weighted by atomic mass is 9.95. The van der Waals surface area contributed by atoms with E-state index < -0.39 is 18.1 Å². The molecule has 3 aromatic rings. The second-order valence-corrected chi connectivity index (χ2v) is 7.75. The Morgan fingerprint density at radius 1 is 1.00 bits per heavy atom. The summed E-state index contributed by atoms with van der Waals surface area (Å²) in [5, 5.41) is 12.4. The second kappa shape index (κ2) is 9.77. The number of aliphatic hydroxyl groups excluding tert-OH is 1. The summed E-state index contributed by atoms with van der Waals surface area (Å²) in [5.41, 5.74) is 4.31. The monoisotopic (exact) mass is 430 g/mol. The van der Waals surface area contributed by atoms with Crippen molar-refractivity contribution < 1.29 is 19.4 Å². The fourth-order valence-electron chi connectivity index (χ4n) is 3.89. The van der Waals surface area contributed by atoms with E-state index in [1.807, 2.05) is 78.9 Å². The molecule has 0 aromatic heterocycles. The number of fused-ring (bicyclic) bond motifs is 3.